The first-order valence-corrected chi connectivity index (χ1v) is 6.58. The van der Waals surface area contributed by atoms with E-state index < -0.39 is 0 Å². The number of nitrogens with one attached hydrogen (secondary N) is 1. The summed E-state index contributed by atoms with van der Waals surface area (Å²) in [7, 11) is 0. The van der Waals surface area contributed by atoms with Gasteiger partial charge in [0.25, 0.3) is 0 Å². The van der Waals surface area contributed by atoms with Gasteiger partial charge in [0.05, 0.1) is 0 Å². The first-order valence-electron chi connectivity index (χ1n) is 5.79. The zero-order chi connectivity index (χ0) is 12.2. The Morgan fingerprint density at radius 3 is 2.56 bits per heavy atom. The Bertz CT molecular complexity index is 331. The minimum absolute atomic E-state index is 0.192. The van der Waals surface area contributed by atoms with Crippen molar-refractivity contribution in [2.24, 2.45) is 5.41 Å². The Morgan fingerprint density at radius 1 is 1.38 bits per heavy atom. The molecule has 0 saturated carbocycles. The van der Waals surface area contributed by atoms with Crippen LogP contribution in [0.4, 0.5) is 0 Å². The third kappa shape index (κ3) is 3.87. The van der Waals surface area contributed by atoms with E-state index in [0.717, 1.165) is 17.4 Å². The smallest absolute Gasteiger partial charge is 0.0410 e. The van der Waals surface area contributed by atoms with Crippen molar-refractivity contribution < 1.29 is 0 Å². The summed E-state index contributed by atoms with van der Waals surface area (Å²) in [4.78, 5) is 4.24. The Labute approximate surface area is 107 Å². The van der Waals surface area contributed by atoms with Crippen LogP contribution in [0.1, 0.15) is 45.7 Å². The number of halogens is 1. The van der Waals surface area contributed by atoms with Crippen LogP contribution in [0.25, 0.3) is 0 Å². The highest BCUT2D eigenvalue weighted by Gasteiger charge is 2.25. The van der Waals surface area contributed by atoms with Gasteiger partial charge in [-0.1, -0.05) is 27.7 Å². The van der Waals surface area contributed by atoms with Gasteiger partial charge in [0, 0.05) is 22.9 Å². The SMILES string of the molecule is CCCNC(c1cncc(Br)c1)C(C)(C)C. The van der Waals surface area contributed by atoms with E-state index in [9.17, 15) is 0 Å². The molecule has 0 aliphatic heterocycles. The first-order chi connectivity index (χ1) is 7.45. The number of hydrogen-bond donors (Lipinski definition) is 1. The fourth-order valence-corrected chi connectivity index (χ4v) is 2.18. The van der Waals surface area contributed by atoms with Crippen LogP contribution >= 0.6 is 15.9 Å². The third-order valence-electron chi connectivity index (χ3n) is 2.52. The highest BCUT2D eigenvalue weighted by atomic mass is 79.9. The monoisotopic (exact) mass is 284 g/mol. The minimum atomic E-state index is 0.192. The molecule has 1 heterocycles. The fraction of sp³-hybridized carbons (Fsp3) is 0.615. The van der Waals surface area contributed by atoms with Gasteiger partial charge in [-0.25, -0.2) is 0 Å². The van der Waals surface area contributed by atoms with Crippen molar-refractivity contribution >= 4 is 15.9 Å². The van der Waals surface area contributed by atoms with Crippen LogP contribution in [0, 0.1) is 5.41 Å². The molecule has 1 rings (SSSR count). The molecule has 1 atom stereocenters. The third-order valence-corrected chi connectivity index (χ3v) is 2.96. The summed E-state index contributed by atoms with van der Waals surface area (Å²) < 4.78 is 1.04. The highest BCUT2D eigenvalue weighted by molar-refractivity contribution is 9.10. The molecule has 90 valence electrons. The van der Waals surface area contributed by atoms with E-state index in [1.54, 1.807) is 0 Å². The van der Waals surface area contributed by atoms with E-state index >= 15 is 0 Å². The largest absolute Gasteiger partial charge is 0.309 e. The fourth-order valence-electron chi connectivity index (χ4n) is 1.80. The molecule has 1 unspecified atom stereocenters. The highest BCUT2D eigenvalue weighted by Crippen LogP contribution is 2.33. The Morgan fingerprint density at radius 2 is 2.06 bits per heavy atom. The number of hydrogen-bond acceptors (Lipinski definition) is 2. The Kier molecular flexibility index (Phi) is 4.93. The average Bonchev–Trinajstić information content (AvgIpc) is 2.16. The molecule has 0 amide bonds. The van der Waals surface area contributed by atoms with Crippen molar-refractivity contribution in [2.45, 2.75) is 40.2 Å². The molecule has 3 heteroatoms. The normalized spacial score (nSPS) is 13.8. The quantitative estimate of drug-likeness (QED) is 0.906. The van der Waals surface area contributed by atoms with Gasteiger partial charge in [-0.2, -0.15) is 0 Å². The van der Waals surface area contributed by atoms with Crippen molar-refractivity contribution in [1.29, 1.82) is 0 Å². The first kappa shape index (κ1) is 13.7. The maximum absolute atomic E-state index is 4.24. The van der Waals surface area contributed by atoms with Crippen LogP contribution < -0.4 is 5.32 Å². The van der Waals surface area contributed by atoms with Crippen LogP contribution in [-0.4, -0.2) is 11.5 Å². The predicted molar refractivity (Wildman–Crippen MR) is 72.4 cm³/mol. The van der Waals surface area contributed by atoms with Crippen molar-refractivity contribution in [2.75, 3.05) is 6.54 Å². The van der Waals surface area contributed by atoms with Crippen LogP contribution in [0.3, 0.4) is 0 Å². The summed E-state index contributed by atoms with van der Waals surface area (Å²) in [5.41, 5.74) is 1.44. The van der Waals surface area contributed by atoms with Gasteiger partial charge in [0.1, 0.15) is 0 Å². The van der Waals surface area contributed by atoms with Gasteiger partial charge in [-0.05, 0) is 45.9 Å². The van der Waals surface area contributed by atoms with Gasteiger partial charge in [0.2, 0.25) is 0 Å². The lowest BCUT2D eigenvalue weighted by molar-refractivity contribution is 0.272. The van der Waals surface area contributed by atoms with E-state index in [0.29, 0.717) is 6.04 Å². The molecule has 0 bridgehead atoms. The summed E-state index contributed by atoms with van der Waals surface area (Å²) in [6, 6.07) is 2.49. The average molecular weight is 285 g/mol. The molecule has 0 aliphatic rings. The van der Waals surface area contributed by atoms with E-state index in [1.165, 1.54) is 5.56 Å². The van der Waals surface area contributed by atoms with Gasteiger partial charge >= 0.3 is 0 Å². The van der Waals surface area contributed by atoms with Gasteiger partial charge in [0.15, 0.2) is 0 Å². The molecule has 0 saturated heterocycles. The number of nitrogens with zero attached hydrogens (tertiary/aromatic N) is 1. The molecular formula is C13H21BrN2. The molecule has 0 aromatic carbocycles. The molecule has 2 nitrogen and oxygen atoms in total. The summed E-state index contributed by atoms with van der Waals surface area (Å²) in [6.07, 6.45) is 4.92. The van der Waals surface area contributed by atoms with E-state index in [-0.39, 0.29) is 5.41 Å². The topological polar surface area (TPSA) is 24.9 Å². The van der Waals surface area contributed by atoms with Crippen LogP contribution in [-0.2, 0) is 0 Å². The molecule has 0 radical (unpaired) electrons. The van der Waals surface area contributed by atoms with E-state index in [2.05, 4.69) is 60.0 Å². The number of rotatable bonds is 4. The molecule has 1 aromatic heterocycles. The summed E-state index contributed by atoms with van der Waals surface area (Å²) >= 11 is 3.48. The molecule has 0 aliphatic carbocycles. The molecule has 0 fully saturated rings. The van der Waals surface area contributed by atoms with Gasteiger partial charge in [-0.3, -0.25) is 4.98 Å². The Hall–Kier alpha value is -0.410. The Balaban J connectivity index is 2.92. The zero-order valence-electron chi connectivity index (χ0n) is 10.5. The number of aromatic nitrogens is 1. The van der Waals surface area contributed by atoms with Gasteiger partial charge in [-0.15, -0.1) is 0 Å². The van der Waals surface area contributed by atoms with Crippen LogP contribution in [0.15, 0.2) is 22.9 Å². The molecular weight excluding hydrogens is 264 g/mol. The van der Waals surface area contributed by atoms with Crippen molar-refractivity contribution in [3.05, 3.63) is 28.5 Å². The lowest BCUT2D eigenvalue weighted by Crippen LogP contribution is -2.32. The second kappa shape index (κ2) is 5.78. The van der Waals surface area contributed by atoms with Crippen molar-refractivity contribution in [3.8, 4) is 0 Å². The van der Waals surface area contributed by atoms with Gasteiger partial charge < -0.3 is 5.32 Å². The maximum Gasteiger partial charge on any atom is 0.0410 e. The molecule has 1 aromatic rings. The van der Waals surface area contributed by atoms with Crippen molar-refractivity contribution in [1.82, 2.24) is 10.3 Å². The lowest BCUT2D eigenvalue weighted by atomic mass is 9.83. The molecule has 16 heavy (non-hydrogen) atoms. The lowest BCUT2D eigenvalue weighted by Gasteiger charge is -2.32. The summed E-state index contributed by atoms with van der Waals surface area (Å²) in [6.45, 7) is 9.98. The van der Waals surface area contributed by atoms with E-state index in [1.807, 2.05) is 12.4 Å². The predicted octanol–water partition coefficient (Wildman–Crippen LogP) is 3.93. The summed E-state index contributed by atoms with van der Waals surface area (Å²) in [5.74, 6) is 0. The second-order valence-electron chi connectivity index (χ2n) is 5.19. The second-order valence-corrected chi connectivity index (χ2v) is 6.11. The molecule has 0 spiro atoms. The maximum atomic E-state index is 4.24. The van der Waals surface area contributed by atoms with Crippen LogP contribution in [0.5, 0.6) is 0 Å². The molecule has 1 N–H and O–H groups in total. The zero-order valence-corrected chi connectivity index (χ0v) is 12.1. The summed E-state index contributed by atoms with van der Waals surface area (Å²) in [5, 5.41) is 3.59. The van der Waals surface area contributed by atoms with Crippen LogP contribution in [0.2, 0.25) is 0 Å². The number of pyridine rings is 1. The standard InChI is InChI=1S/C13H21BrN2/c1-5-6-16-12(13(2,3)4)10-7-11(14)9-15-8-10/h7-9,12,16H,5-6H2,1-4H3. The van der Waals surface area contributed by atoms with E-state index in [4.69, 9.17) is 0 Å². The van der Waals surface area contributed by atoms with Crippen molar-refractivity contribution in [3.63, 3.8) is 0 Å². The minimum Gasteiger partial charge on any atom is -0.309 e.